The van der Waals surface area contributed by atoms with Gasteiger partial charge in [0.25, 0.3) is 5.91 Å². The standard InChI is InChI=1S/C25H22N2O6/c1-14(32-25(30)16-8-10-17(11-9-16)26-15(2)28)24(29)27-20-13-22-19(12-23(20)31-3)18-6-4-5-7-21(18)33-22/h4-14H,1-3H3,(H,26,28)(H,27,29)/t14-/m1/s1. The molecule has 0 aliphatic heterocycles. The van der Waals surface area contributed by atoms with E-state index in [1.54, 1.807) is 24.3 Å². The normalized spacial score (nSPS) is 11.7. The number of anilines is 2. The molecule has 1 heterocycles. The summed E-state index contributed by atoms with van der Waals surface area (Å²) in [6.07, 6.45) is -1.07. The molecule has 2 N–H and O–H groups in total. The zero-order chi connectivity index (χ0) is 23.5. The lowest BCUT2D eigenvalue weighted by Gasteiger charge is -2.15. The lowest BCUT2D eigenvalue weighted by molar-refractivity contribution is -0.123. The first-order valence-corrected chi connectivity index (χ1v) is 10.2. The van der Waals surface area contributed by atoms with E-state index in [4.69, 9.17) is 13.9 Å². The molecule has 0 fully saturated rings. The predicted molar refractivity (Wildman–Crippen MR) is 125 cm³/mol. The molecule has 1 atom stereocenters. The van der Waals surface area contributed by atoms with Crippen molar-refractivity contribution in [3.63, 3.8) is 0 Å². The number of esters is 1. The maximum atomic E-state index is 12.7. The first-order valence-electron chi connectivity index (χ1n) is 10.2. The number of hydrogen-bond donors (Lipinski definition) is 2. The lowest BCUT2D eigenvalue weighted by atomic mass is 10.1. The number of nitrogens with one attached hydrogen (secondary N) is 2. The van der Waals surface area contributed by atoms with Gasteiger partial charge in [-0.2, -0.15) is 0 Å². The predicted octanol–water partition coefficient (Wildman–Crippen LogP) is 4.74. The number of para-hydroxylation sites is 1. The van der Waals surface area contributed by atoms with E-state index in [1.165, 1.54) is 33.1 Å². The van der Waals surface area contributed by atoms with Crippen molar-refractivity contribution in [3.05, 3.63) is 66.2 Å². The Morgan fingerprint density at radius 3 is 2.33 bits per heavy atom. The number of furan rings is 1. The van der Waals surface area contributed by atoms with Crippen molar-refractivity contribution in [2.75, 3.05) is 17.7 Å². The highest BCUT2D eigenvalue weighted by molar-refractivity contribution is 6.08. The number of ether oxygens (including phenoxy) is 2. The average Bonchev–Trinajstić information content (AvgIpc) is 3.15. The maximum Gasteiger partial charge on any atom is 0.338 e. The van der Waals surface area contributed by atoms with Crippen molar-refractivity contribution in [1.82, 2.24) is 0 Å². The molecular weight excluding hydrogens is 424 g/mol. The van der Waals surface area contributed by atoms with Crippen LogP contribution in [0, 0.1) is 0 Å². The number of benzene rings is 3. The summed E-state index contributed by atoms with van der Waals surface area (Å²) in [7, 11) is 1.51. The second kappa shape index (κ2) is 9.04. The Morgan fingerprint density at radius 1 is 0.909 bits per heavy atom. The van der Waals surface area contributed by atoms with Gasteiger partial charge in [0.1, 0.15) is 16.9 Å². The maximum absolute atomic E-state index is 12.7. The number of fused-ring (bicyclic) bond motifs is 3. The second-order valence-corrected chi connectivity index (χ2v) is 7.44. The molecule has 2 amide bonds. The van der Waals surface area contributed by atoms with Crippen LogP contribution in [0.3, 0.4) is 0 Å². The van der Waals surface area contributed by atoms with Crippen LogP contribution in [0.5, 0.6) is 5.75 Å². The zero-order valence-corrected chi connectivity index (χ0v) is 18.3. The Kier molecular flexibility index (Phi) is 5.99. The third-order valence-electron chi connectivity index (χ3n) is 5.05. The molecule has 33 heavy (non-hydrogen) atoms. The third kappa shape index (κ3) is 4.64. The largest absolute Gasteiger partial charge is 0.495 e. The van der Waals surface area contributed by atoms with Crippen LogP contribution >= 0.6 is 0 Å². The third-order valence-corrected chi connectivity index (χ3v) is 5.05. The van der Waals surface area contributed by atoms with Crippen LogP contribution in [0.25, 0.3) is 21.9 Å². The van der Waals surface area contributed by atoms with E-state index in [1.807, 2.05) is 24.3 Å². The van der Waals surface area contributed by atoms with Gasteiger partial charge in [-0.15, -0.1) is 0 Å². The Morgan fingerprint density at radius 2 is 1.64 bits per heavy atom. The number of methoxy groups -OCH3 is 1. The lowest BCUT2D eigenvalue weighted by Crippen LogP contribution is -2.30. The summed E-state index contributed by atoms with van der Waals surface area (Å²) in [5, 5.41) is 7.15. The minimum atomic E-state index is -1.07. The summed E-state index contributed by atoms with van der Waals surface area (Å²) in [6, 6.07) is 17.3. The summed E-state index contributed by atoms with van der Waals surface area (Å²) in [5.41, 5.74) is 2.53. The van der Waals surface area contributed by atoms with Crippen molar-refractivity contribution in [2.24, 2.45) is 0 Å². The van der Waals surface area contributed by atoms with Gasteiger partial charge in [0.2, 0.25) is 5.91 Å². The summed E-state index contributed by atoms with van der Waals surface area (Å²) < 4.78 is 16.6. The molecule has 0 radical (unpaired) electrons. The Labute approximate surface area is 189 Å². The molecule has 8 heteroatoms. The van der Waals surface area contributed by atoms with Crippen LogP contribution in [0.15, 0.2) is 65.1 Å². The fraction of sp³-hybridized carbons (Fsp3) is 0.160. The number of carbonyl (C=O) groups excluding carboxylic acids is 3. The van der Waals surface area contributed by atoms with Crippen LogP contribution in [0.2, 0.25) is 0 Å². The fourth-order valence-corrected chi connectivity index (χ4v) is 3.43. The number of amides is 2. The highest BCUT2D eigenvalue weighted by Crippen LogP contribution is 2.36. The Balaban J connectivity index is 1.48. The molecule has 1 aromatic heterocycles. The SMILES string of the molecule is COc1cc2c(cc1NC(=O)[C@@H](C)OC(=O)c1ccc(NC(C)=O)cc1)oc1ccccc12. The van der Waals surface area contributed by atoms with Crippen molar-refractivity contribution < 1.29 is 28.3 Å². The summed E-state index contributed by atoms with van der Waals surface area (Å²) >= 11 is 0. The van der Waals surface area contributed by atoms with E-state index in [0.29, 0.717) is 22.7 Å². The van der Waals surface area contributed by atoms with Gasteiger partial charge in [-0.25, -0.2) is 4.79 Å². The van der Waals surface area contributed by atoms with Gasteiger partial charge >= 0.3 is 5.97 Å². The number of carbonyl (C=O) groups is 3. The topological polar surface area (TPSA) is 107 Å². The summed E-state index contributed by atoms with van der Waals surface area (Å²) in [5.74, 6) is -0.944. The molecular formula is C25H22N2O6. The van der Waals surface area contributed by atoms with Gasteiger partial charge < -0.3 is 24.5 Å². The molecule has 4 rings (SSSR count). The first-order chi connectivity index (χ1) is 15.9. The minimum Gasteiger partial charge on any atom is -0.495 e. The minimum absolute atomic E-state index is 0.216. The van der Waals surface area contributed by atoms with Crippen LogP contribution in [-0.4, -0.2) is 31.0 Å². The van der Waals surface area contributed by atoms with Crippen molar-refractivity contribution in [2.45, 2.75) is 20.0 Å². The van der Waals surface area contributed by atoms with Gasteiger partial charge in [-0.3, -0.25) is 9.59 Å². The molecule has 0 saturated heterocycles. The van der Waals surface area contributed by atoms with E-state index >= 15 is 0 Å². The smallest absolute Gasteiger partial charge is 0.338 e. The quantitative estimate of drug-likeness (QED) is 0.415. The van der Waals surface area contributed by atoms with E-state index in [9.17, 15) is 14.4 Å². The van der Waals surface area contributed by atoms with Crippen molar-refractivity contribution in [1.29, 1.82) is 0 Å². The van der Waals surface area contributed by atoms with Crippen molar-refractivity contribution >= 4 is 51.1 Å². The summed E-state index contributed by atoms with van der Waals surface area (Å²) in [4.78, 5) is 36.2. The van der Waals surface area contributed by atoms with Gasteiger partial charge in [-0.1, -0.05) is 18.2 Å². The molecule has 3 aromatic carbocycles. The summed E-state index contributed by atoms with van der Waals surface area (Å²) in [6.45, 7) is 2.87. The molecule has 0 unspecified atom stereocenters. The van der Waals surface area contributed by atoms with Gasteiger partial charge in [0.05, 0.1) is 18.4 Å². The molecule has 0 aliphatic carbocycles. The average molecular weight is 446 g/mol. The first kappa shape index (κ1) is 21.9. The monoisotopic (exact) mass is 446 g/mol. The Bertz CT molecular complexity index is 1360. The second-order valence-electron chi connectivity index (χ2n) is 7.44. The van der Waals surface area contributed by atoms with Crippen LogP contribution in [0.1, 0.15) is 24.2 Å². The van der Waals surface area contributed by atoms with E-state index in [0.717, 1.165) is 16.4 Å². The van der Waals surface area contributed by atoms with Gasteiger partial charge in [-0.05, 0) is 43.3 Å². The molecule has 168 valence electrons. The fourth-order valence-electron chi connectivity index (χ4n) is 3.43. The van der Waals surface area contributed by atoms with Crippen LogP contribution in [0.4, 0.5) is 11.4 Å². The highest BCUT2D eigenvalue weighted by Gasteiger charge is 2.21. The van der Waals surface area contributed by atoms with Crippen LogP contribution < -0.4 is 15.4 Å². The molecule has 8 nitrogen and oxygen atoms in total. The molecule has 0 spiro atoms. The van der Waals surface area contributed by atoms with E-state index in [2.05, 4.69) is 10.6 Å². The van der Waals surface area contributed by atoms with Gasteiger partial charge in [0, 0.05) is 29.4 Å². The highest BCUT2D eigenvalue weighted by atomic mass is 16.5. The number of hydrogen-bond acceptors (Lipinski definition) is 6. The molecule has 0 saturated carbocycles. The van der Waals surface area contributed by atoms with Crippen LogP contribution in [-0.2, 0) is 14.3 Å². The van der Waals surface area contributed by atoms with E-state index in [-0.39, 0.29) is 11.5 Å². The Hall–Kier alpha value is -4.33. The van der Waals surface area contributed by atoms with E-state index < -0.39 is 18.0 Å². The molecule has 0 bridgehead atoms. The van der Waals surface area contributed by atoms with Gasteiger partial charge in [0.15, 0.2) is 6.10 Å². The molecule has 4 aromatic rings. The molecule has 0 aliphatic rings. The van der Waals surface area contributed by atoms with Crippen molar-refractivity contribution in [3.8, 4) is 5.75 Å². The zero-order valence-electron chi connectivity index (χ0n) is 18.3. The number of rotatable bonds is 6.